The minimum absolute atomic E-state index is 0.429. The molecule has 0 fully saturated rings. The molecule has 2 aromatic heterocycles. The van der Waals surface area contributed by atoms with Crippen molar-refractivity contribution in [3.05, 3.63) is 77.1 Å². The van der Waals surface area contributed by atoms with Crippen LogP contribution >= 0.6 is 0 Å². The second-order valence-corrected chi connectivity index (χ2v) is 7.39. The molecule has 2 aromatic carbocycles. The van der Waals surface area contributed by atoms with E-state index in [0.29, 0.717) is 29.3 Å². The normalized spacial score (nSPS) is 11.0. The summed E-state index contributed by atoms with van der Waals surface area (Å²) in [6, 6.07) is 16.2. The molecule has 9 heteroatoms. The molecule has 8 nitrogen and oxygen atoms in total. The number of nitrogens with one attached hydrogen (secondary N) is 1. The number of fused-ring (bicyclic) bond motifs is 1. The third-order valence-corrected chi connectivity index (χ3v) is 5.06. The minimum Gasteiger partial charge on any atom is -0.423 e. The predicted octanol–water partition coefficient (Wildman–Crippen LogP) is 1.43. The number of primary amides is 1. The van der Waals surface area contributed by atoms with Crippen LogP contribution in [0, 0.1) is 13.8 Å². The number of aryl methyl sites for hydroxylation is 2. The minimum atomic E-state index is -1.51. The summed E-state index contributed by atoms with van der Waals surface area (Å²) < 4.78 is 1.89. The van der Waals surface area contributed by atoms with Crippen LogP contribution in [0.5, 0.6) is 0 Å². The van der Waals surface area contributed by atoms with Crippen LogP contribution in [0.1, 0.15) is 27.3 Å². The van der Waals surface area contributed by atoms with E-state index < -0.39 is 13.0 Å². The van der Waals surface area contributed by atoms with Crippen LogP contribution in [0.2, 0.25) is 0 Å². The van der Waals surface area contributed by atoms with Crippen LogP contribution in [0.15, 0.2) is 54.6 Å². The van der Waals surface area contributed by atoms with Gasteiger partial charge in [-0.1, -0.05) is 30.3 Å². The SMILES string of the molecule is Cc1cc(NCc2cccc(B(O)O)c2)nc(-n2c(C)cc3c(C(N)=O)cccc32)n1. The lowest BCUT2D eigenvalue weighted by Crippen LogP contribution is -2.30. The molecule has 0 unspecified atom stereocenters. The predicted molar refractivity (Wildman–Crippen MR) is 120 cm³/mol. The first-order valence-corrected chi connectivity index (χ1v) is 9.79. The van der Waals surface area contributed by atoms with Crippen molar-refractivity contribution >= 4 is 35.2 Å². The fourth-order valence-corrected chi connectivity index (χ4v) is 3.64. The standard InChI is InChI=1S/C22H22BN5O3/c1-13-9-20(25-12-15-5-3-6-16(11-15)23(30)31)27-22(26-13)28-14(2)10-18-17(21(24)29)7-4-8-19(18)28/h3-11,30-31H,12H2,1-2H3,(H2,24,29)(H,25,26,27). The highest BCUT2D eigenvalue weighted by Crippen LogP contribution is 2.26. The number of anilines is 1. The fourth-order valence-electron chi connectivity index (χ4n) is 3.64. The first-order valence-electron chi connectivity index (χ1n) is 9.79. The lowest BCUT2D eigenvalue weighted by molar-refractivity contribution is 0.100. The molecule has 4 rings (SSSR count). The molecule has 5 N–H and O–H groups in total. The number of amides is 1. The van der Waals surface area contributed by atoms with E-state index in [-0.39, 0.29) is 0 Å². The van der Waals surface area contributed by atoms with Gasteiger partial charge in [-0.2, -0.15) is 4.98 Å². The molecule has 0 bridgehead atoms. The summed E-state index contributed by atoms with van der Waals surface area (Å²) in [5, 5.41) is 22.7. The van der Waals surface area contributed by atoms with Gasteiger partial charge in [0.1, 0.15) is 5.82 Å². The Morgan fingerprint density at radius 1 is 1.10 bits per heavy atom. The van der Waals surface area contributed by atoms with E-state index in [1.165, 1.54) is 0 Å². The Hall–Kier alpha value is -3.69. The van der Waals surface area contributed by atoms with Crippen LogP contribution in [0.3, 0.4) is 0 Å². The molecule has 0 saturated carbocycles. The summed E-state index contributed by atoms with van der Waals surface area (Å²) in [6.45, 7) is 4.26. The van der Waals surface area contributed by atoms with Crippen LogP contribution in [-0.4, -0.2) is 37.6 Å². The molecule has 0 atom stereocenters. The van der Waals surface area contributed by atoms with Crippen LogP contribution < -0.4 is 16.5 Å². The van der Waals surface area contributed by atoms with Crippen LogP contribution in [-0.2, 0) is 6.54 Å². The quantitative estimate of drug-likeness (QED) is 0.353. The number of hydrogen-bond donors (Lipinski definition) is 4. The van der Waals surface area contributed by atoms with E-state index in [1.54, 1.807) is 30.3 Å². The van der Waals surface area contributed by atoms with Crippen molar-refractivity contribution in [2.45, 2.75) is 20.4 Å². The molecule has 31 heavy (non-hydrogen) atoms. The first kappa shape index (κ1) is 20.6. The van der Waals surface area contributed by atoms with Gasteiger partial charge in [0.25, 0.3) is 0 Å². The molecule has 0 aliphatic carbocycles. The summed E-state index contributed by atoms with van der Waals surface area (Å²) in [6.07, 6.45) is 0. The summed E-state index contributed by atoms with van der Waals surface area (Å²) in [7, 11) is -1.51. The molecule has 1 amide bonds. The Balaban J connectivity index is 1.69. The number of rotatable bonds is 6. The second kappa shape index (κ2) is 8.21. The number of hydrogen-bond acceptors (Lipinski definition) is 6. The molecular weight excluding hydrogens is 393 g/mol. The zero-order valence-electron chi connectivity index (χ0n) is 17.2. The van der Waals surface area contributed by atoms with Crippen molar-refractivity contribution in [1.29, 1.82) is 0 Å². The topological polar surface area (TPSA) is 126 Å². The van der Waals surface area contributed by atoms with Gasteiger partial charge in [-0.15, -0.1) is 0 Å². The number of aromatic nitrogens is 3. The van der Waals surface area contributed by atoms with E-state index in [2.05, 4.69) is 15.3 Å². The van der Waals surface area contributed by atoms with E-state index in [9.17, 15) is 14.8 Å². The first-order chi connectivity index (χ1) is 14.8. The molecule has 0 saturated heterocycles. The Labute approximate surface area is 179 Å². The Bertz CT molecular complexity index is 1290. The van der Waals surface area contributed by atoms with Gasteiger partial charge in [-0.25, -0.2) is 4.98 Å². The van der Waals surface area contributed by atoms with Crippen molar-refractivity contribution in [3.63, 3.8) is 0 Å². The van der Waals surface area contributed by atoms with Gasteiger partial charge < -0.3 is 21.1 Å². The van der Waals surface area contributed by atoms with Crippen molar-refractivity contribution in [1.82, 2.24) is 14.5 Å². The molecule has 156 valence electrons. The summed E-state index contributed by atoms with van der Waals surface area (Å²) >= 11 is 0. The highest BCUT2D eigenvalue weighted by molar-refractivity contribution is 6.58. The van der Waals surface area contributed by atoms with Gasteiger partial charge in [0.2, 0.25) is 11.9 Å². The number of carbonyl (C=O) groups excluding carboxylic acids is 1. The van der Waals surface area contributed by atoms with Gasteiger partial charge in [0, 0.05) is 34.9 Å². The Morgan fingerprint density at radius 3 is 2.61 bits per heavy atom. The lowest BCUT2D eigenvalue weighted by atomic mass is 9.80. The van der Waals surface area contributed by atoms with Gasteiger partial charge in [-0.05, 0) is 43.1 Å². The summed E-state index contributed by atoms with van der Waals surface area (Å²) in [5.74, 6) is 0.631. The summed E-state index contributed by atoms with van der Waals surface area (Å²) in [4.78, 5) is 21.1. The largest absolute Gasteiger partial charge is 0.488 e. The number of nitrogens with two attached hydrogens (primary N) is 1. The second-order valence-electron chi connectivity index (χ2n) is 7.39. The monoisotopic (exact) mass is 415 g/mol. The molecule has 0 spiro atoms. The fraction of sp³-hybridized carbons (Fsp3) is 0.136. The van der Waals surface area contributed by atoms with Gasteiger partial charge >= 0.3 is 7.12 Å². The highest BCUT2D eigenvalue weighted by Gasteiger charge is 2.16. The summed E-state index contributed by atoms with van der Waals surface area (Å²) in [5.41, 5.74) is 9.76. The molecule has 2 heterocycles. The van der Waals surface area contributed by atoms with E-state index in [4.69, 9.17) is 5.73 Å². The Morgan fingerprint density at radius 2 is 1.87 bits per heavy atom. The third kappa shape index (κ3) is 4.14. The van der Waals surface area contributed by atoms with Gasteiger partial charge in [0.15, 0.2) is 0 Å². The smallest absolute Gasteiger partial charge is 0.423 e. The van der Waals surface area contributed by atoms with Crippen LogP contribution in [0.4, 0.5) is 5.82 Å². The van der Waals surface area contributed by atoms with Gasteiger partial charge in [-0.3, -0.25) is 9.36 Å². The maximum absolute atomic E-state index is 11.8. The highest BCUT2D eigenvalue weighted by atomic mass is 16.4. The average Bonchev–Trinajstić information content (AvgIpc) is 3.07. The molecule has 0 aliphatic heterocycles. The zero-order chi connectivity index (χ0) is 22.1. The van der Waals surface area contributed by atoms with Crippen molar-refractivity contribution < 1.29 is 14.8 Å². The number of carbonyl (C=O) groups is 1. The lowest BCUT2D eigenvalue weighted by Gasteiger charge is -2.12. The Kier molecular flexibility index (Phi) is 5.45. The third-order valence-electron chi connectivity index (χ3n) is 5.06. The molecular formula is C22H22BN5O3. The molecule has 0 radical (unpaired) electrons. The molecule has 0 aliphatic rings. The number of benzene rings is 2. The van der Waals surface area contributed by atoms with Crippen molar-refractivity contribution in [2.75, 3.05) is 5.32 Å². The molecule has 4 aromatic rings. The van der Waals surface area contributed by atoms with Gasteiger partial charge in [0.05, 0.1) is 5.52 Å². The van der Waals surface area contributed by atoms with E-state index >= 15 is 0 Å². The van der Waals surface area contributed by atoms with Crippen molar-refractivity contribution in [2.24, 2.45) is 5.73 Å². The van der Waals surface area contributed by atoms with E-state index in [0.717, 1.165) is 27.9 Å². The van der Waals surface area contributed by atoms with E-state index in [1.807, 2.05) is 42.7 Å². The average molecular weight is 415 g/mol. The maximum atomic E-state index is 11.8. The van der Waals surface area contributed by atoms with Crippen molar-refractivity contribution in [3.8, 4) is 5.95 Å². The maximum Gasteiger partial charge on any atom is 0.488 e. The number of nitrogens with zero attached hydrogens (tertiary/aromatic N) is 3. The van der Waals surface area contributed by atoms with Crippen LogP contribution in [0.25, 0.3) is 16.9 Å². The zero-order valence-corrected chi connectivity index (χ0v) is 17.2.